The highest BCUT2D eigenvalue weighted by molar-refractivity contribution is 5.75. The van der Waals surface area contributed by atoms with E-state index in [9.17, 15) is 4.79 Å². The van der Waals surface area contributed by atoms with Crippen molar-refractivity contribution in [1.29, 1.82) is 0 Å². The zero-order valence-corrected chi connectivity index (χ0v) is 14.4. The third-order valence-corrected chi connectivity index (χ3v) is 5.13. The number of nitrogens with one attached hydrogen (secondary N) is 1. The molecule has 0 unspecified atom stereocenters. The Balaban J connectivity index is 1.71. The van der Waals surface area contributed by atoms with Crippen LogP contribution in [-0.2, 0) is 0 Å². The van der Waals surface area contributed by atoms with E-state index in [1.807, 2.05) is 50.5 Å². The molecule has 1 N–H and O–H groups in total. The summed E-state index contributed by atoms with van der Waals surface area (Å²) in [4.78, 5) is 18.7. The van der Waals surface area contributed by atoms with Crippen molar-refractivity contribution in [2.45, 2.75) is 38.3 Å². The average molecular weight is 323 g/mol. The normalized spacial score (nSPS) is 16.8. The van der Waals surface area contributed by atoms with Crippen LogP contribution in [0.1, 0.15) is 49.4 Å². The molecule has 1 saturated carbocycles. The number of pyridine rings is 1. The van der Waals surface area contributed by atoms with Gasteiger partial charge in [-0.05, 0) is 42.9 Å². The Hall–Kier alpha value is -2.36. The second-order valence-electron chi connectivity index (χ2n) is 6.60. The molecule has 4 heteroatoms. The van der Waals surface area contributed by atoms with Crippen LogP contribution in [0.5, 0.6) is 0 Å². The van der Waals surface area contributed by atoms with Gasteiger partial charge in [0, 0.05) is 19.4 Å². The smallest absolute Gasteiger partial charge is 0.318 e. The molecule has 1 aromatic carbocycles. The number of nitrogens with zero attached hydrogens (tertiary/aromatic N) is 2. The largest absolute Gasteiger partial charge is 0.331 e. The van der Waals surface area contributed by atoms with Crippen molar-refractivity contribution in [3.63, 3.8) is 0 Å². The van der Waals surface area contributed by atoms with Crippen LogP contribution in [0, 0.1) is 5.92 Å². The Labute approximate surface area is 143 Å². The van der Waals surface area contributed by atoms with Crippen molar-refractivity contribution in [3.05, 3.63) is 66.0 Å². The molecule has 1 aliphatic rings. The number of carbonyl (C=O) groups excluding carboxylic acids is 1. The van der Waals surface area contributed by atoms with Crippen molar-refractivity contribution in [2.24, 2.45) is 5.92 Å². The van der Waals surface area contributed by atoms with Gasteiger partial charge < -0.3 is 10.2 Å². The molecule has 0 spiro atoms. The van der Waals surface area contributed by atoms with Gasteiger partial charge in [0.05, 0.1) is 12.1 Å². The molecule has 1 aliphatic carbocycles. The highest BCUT2D eigenvalue weighted by atomic mass is 16.2. The minimum Gasteiger partial charge on any atom is -0.331 e. The van der Waals surface area contributed by atoms with Crippen LogP contribution in [-0.4, -0.2) is 23.0 Å². The van der Waals surface area contributed by atoms with Crippen molar-refractivity contribution < 1.29 is 4.79 Å². The molecule has 0 bridgehead atoms. The summed E-state index contributed by atoms with van der Waals surface area (Å²) in [5.74, 6) is 0.540. The fourth-order valence-corrected chi connectivity index (χ4v) is 3.16. The quantitative estimate of drug-likeness (QED) is 0.890. The van der Waals surface area contributed by atoms with E-state index >= 15 is 0 Å². The Morgan fingerprint density at radius 3 is 2.46 bits per heavy atom. The van der Waals surface area contributed by atoms with Gasteiger partial charge in [-0.25, -0.2) is 4.79 Å². The molecular formula is C20H25N3O. The molecule has 24 heavy (non-hydrogen) atoms. The predicted molar refractivity (Wildman–Crippen MR) is 95.5 cm³/mol. The lowest BCUT2D eigenvalue weighted by Crippen LogP contribution is -2.43. The van der Waals surface area contributed by atoms with Crippen molar-refractivity contribution in [1.82, 2.24) is 15.2 Å². The van der Waals surface area contributed by atoms with Crippen LogP contribution in [0.2, 0.25) is 0 Å². The average Bonchev–Trinajstić information content (AvgIpc) is 2.59. The lowest BCUT2D eigenvalue weighted by Gasteiger charge is -2.36. The molecule has 0 aliphatic heterocycles. The molecule has 126 valence electrons. The molecular weight excluding hydrogens is 298 g/mol. The van der Waals surface area contributed by atoms with E-state index in [1.54, 1.807) is 11.1 Å². The summed E-state index contributed by atoms with van der Waals surface area (Å²) in [5, 5.41) is 3.25. The number of hydrogen-bond donors (Lipinski definition) is 1. The first kappa shape index (κ1) is 16.5. The summed E-state index contributed by atoms with van der Waals surface area (Å²) in [6.45, 7) is 2.03. The summed E-state index contributed by atoms with van der Waals surface area (Å²) in [6, 6.07) is 14.2. The maximum absolute atomic E-state index is 12.8. The van der Waals surface area contributed by atoms with Gasteiger partial charge in [-0.15, -0.1) is 0 Å². The Bertz CT molecular complexity index is 655. The van der Waals surface area contributed by atoms with E-state index in [4.69, 9.17) is 0 Å². The number of rotatable bonds is 5. The SMILES string of the molecule is C[C@H](c1cccnc1)N(C)C(=O)N[C@@H](c1ccccc1)C1CCC1. The Kier molecular flexibility index (Phi) is 5.14. The molecule has 1 fully saturated rings. The lowest BCUT2D eigenvalue weighted by molar-refractivity contribution is 0.172. The first-order valence-corrected chi connectivity index (χ1v) is 8.65. The maximum Gasteiger partial charge on any atom is 0.318 e. The van der Waals surface area contributed by atoms with E-state index < -0.39 is 0 Å². The van der Waals surface area contributed by atoms with Crippen molar-refractivity contribution in [3.8, 4) is 0 Å². The number of benzene rings is 1. The third-order valence-electron chi connectivity index (χ3n) is 5.13. The minimum absolute atomic E-state index is 0.0171. The van der Waals surface area contributed by atoms with Gasteiger partial charge in [0.15, 0.2) is 0 Å². The van der Waals surface area contributed by atoms with E-state index in [0.29, 0.717) is 5.92 Å². The molecule has 2 amide bonds. The number of urea groups is 1. The fourth-order valence-electron chi connectivity index (χ4n) is 3.16. The second-order valence-corrected chi connectivity index (χ2v) is 6.60. The number of aromatic nitrogens is 1. The van der Waals surface area contributed by atoms with Crippen LogP contribution in [0.15, 0.2) is 54.9 Å². The minimum atomic E-state index is -0.0351. The zero-order chi connectivity index (χ0) is 16.9. The summed E-state index contributed by atoms with van der Waals surface area (Å²) in [6.07, 6.45) is 7.18. The standard InChI is InChI=1S/C20H25N3O/c1-15(18-12-7-13-21-14-18)23(2)20(24)22-19(17-10-6-11-17)16-8-4-3-5-9-16/h3-5,7-9,12-15,17,19H,6,10-11H2,1-2H3,(H,22,24)/t15-,19+/m1/s1. The van der Waals surface area contributed by atoms with Gasteiger partial charge in [-0.2, -0.15) is 0 Å². The van der Waals surface area contributed by atoms with Gasteiger partial charge >= 0.3 is 6.03 Å². The summed E-state index contributed by atoms with van der Waals surface area (Å²) in [5.41, 5.74) is 2.23. The summed E-state index contributed by atoms with van der Waals surface area (Å²) < 4.78 is 0. The number of carbonyl (C=O) groups is 1. The van der Waals surface area contributed by atoms with Crippen LogP contribution >= 0.6 is 0 Å². The van der Waals surface area contributed by atoms with E-state index in [-0.39, 0.29) is 18.1 Å². The van der Waals surface area contributed by atoms with Crippen molar-refractivity contribution >= 4 is 6.03 Å². The fraction of sp³-hybridized carbons (Fsp3) is 0.400. The Morgan fingerprint density at radius 1 is 1.17 bits per heavy atom. The van der Waals surface area contributed by atoms with Crippen LogP contribution in [0.3, 0.4) is 0 Å². The highest BCUT2D eigenvalue weighted by Gasteiger charge is 2.31. The van der Waals surface area contributed by atoms with Crippen molar-refractivity contribution in [2.75, 3.05) is 7.05 Å². The lowest BCUT2D eigenvalue weighted by atomic mass is 9.77. The van der Waals surface area contributed by atoms with Crippen LogP contribution in [0.25, 0.3) is 0 Å². The number of hydrogen-bond acceptors (Lipinski definition) is 2. The van der Waals surface area contributed by atoms with Gasteiger partial charge in [0.25, 0.3) is 0 Å². The maximum atomic E-state index is 12.8. The molecule has 2 atom stereocenters. The molecule has 1 aromatic heterocycles. The first-order valence-electron chi connectivity index (χ1n) is 8.65. The predicted octanol–water partition coefficient (Wildman–Crippen LogP) is 4.33. The third kappa shape index (κ3) is 3.58. The Morgan fingerprint density at radius 2 is 1.88 bits per heavy atom. The van der Waals surface area contributed by atoms with Gasteiger partial charge in [-0.3, -0.25) is 4.98 Å². The van der Waals surface area contributed by atoms with Gasteiger partial charge in [-0.1, -0.05) is 42.8 Å². The first-order chi connectivity index (χ1) is 11.7. The molecule has 0 radical (unpaired) electrons. The second kappa shape index (κ2) is 7.47. The van der Waals surface area contributed by atoms with Crippen LogP contribution < -0.4 is 5.32 Å². The van der Waals surface area contributed by atoms with E-state index in [0.717, 1.165) is 5.56 Å². The van der Waals surface area contributed by atoms with E-state index in [2.05, 4.69) is 22.4 Å². The van der Waals surface area contributed by atoms with Gasteiger partial charge in [0.2, 0.25) is 0 Å². The topological polar surface area (TPSA) is 45.2 Å². The van der Waals surface area contributed by atoms with Gasteiger partial charge in [0.1, 0.15) is 0 Å². The molecule has 2 aromatic rings. The van der Waals surface area contributed by atoms with E-state index in [1.165, 1.54) is 24.8 Å². The number of amides is 2. The molecule has 4 nitrogen and oxygen atoms in total. The summed E-state index contributed by atoms with van der Waals surface area (Å²) >= 11 is 0. The molecule has 3 rings (SSSR count). The molecule has 0 saturated heterocycles. The highest BCUT2D eigenvalue weighted by Crippen LogP contribution is 2.37. The molecule has 1 heterocycles. The monoisotopic (exact) mass is 323 g/mol. The van der Waals surface area contributed by atoms with Crippen LogP contribution in [0.4, 0.5) is 4.79 Å². The summed E-state index contributed by atoms with van der Waals surface area (Å²) in [7, 11) is 1.84. The zero-order valence-electron chi connectivity index (χ0n) is 14.4.